The quantitative estimate of drug-likeness (QED) is 0.288. The number of halogens is 2. The van der Waals surface area contributed by atoms with Gasteiger partial charge in [0.25, 0.3) is 0 Å². The highest BCUT2D eigenvalue weighted by atomic mass is 79.9. The average molecular weight is 563 g/mol. The minimum absolute atomic E-state index is 0.227. The van der Waals surface area contributed by atoms with Gasteiger partial charge in [-0.3, -0.25) is 0 Å². The lowest BCUT2D eigenvalue weighted by Crippen LogP contribution is -2.30. The molecule has 7 heteroatoms. The molecule has 0 aliphatic carbocycles. The Morgan fingerprint density at radius 2 is 1.35 bits per heavy atom. The number of hydrogen-bond acceptors (Lipinski definition) is 3. The van der Waals surface area contributed by atoms with Gasteiger partial charge >= 0.3 is 0 Å². The smallest absolute Gasteiger partial charge is 0.241 e. The molecule has 0 unspecified atom stereocenters. The summed E-state index contributed by atoms with van der Waals surface area (Å²) in [5.41, 5.74) is 1.38. The summed E-state index contributed by atoms with van der Waals surface area (Å²) in [4.78, 5) is 0.227. The number of sulfonamides is 1. The molecule has 0 amide bonds. The molecule has 0 heterocycles. The molecule has 0 spiro atoms. The van der Waals surface area contributed by atoms with Crippen molar-refractivity contribution in [3.8, 4) is 16.9 Å². The van der Waals surface area contributed by atoms with E-state index in [0.29, 0.717) is 11.3 Å². The molecule has 0 atom stereocenters. The van der Waals surface area contributed by atoms with Crippen molar-refractivity contribution < 1.29 is 13.2 Å². The molecule has 0 radical (unpaired) electrons. The van der Waals surface area contributed by atoms with Crippen molar-refractivity contribution in [1.82, 2.24) is 4.72 Å². The second-order valence-electron chi connectivity index (χ2n) is 7.59. The lowest BCUT2D eigenvalue weighted by Gasteiger charge is -2.20. The van der Waals surface area contributed by atoms with Crippen molar-refractivity contribution in [2.24, 2.45) is 0 Å². The summed E-state index contributed by atoms with van der Waals surface area (Å²) in [5, 5.41) is 3.67. The van der Waals surface area contributed by atoms with Crippen LogP contribution in [0.1, 0.15) is 13.8 Å². The summed E-state index contributed by atoms with van der Waals surface area (Å²) in [6, 6.07) is 18.9. The van der Waals surface area contributed by atoms with Gasteiger partial charge in [0.15, 0.2) is 0 Å². The van der Waals surface area contributed by atoms with Crippen LogP contribution in [0.2, 0.25) is 0 Å². The van der Waals surface area contributed by atoms with Gasteiger partial charge in [0.05, 0.1) is 12.0 Å². The summed E-state index contributed by atoms with van der Waals surface area (Å²) in [6.07, 6.45) is 0. The zero-order chi connectivity index (χ0) is 22.3. The predicted molar refractivity (Wildman–Crippen MR) is 134 cm³/mol. The molecule has 4 nitrogen and oxygen atoms in total. The summed E-state index contributed by atoms with van der Waals surface area (Å²) in [6.45, 7) is 3.62. The summed E-state index contributed by atoms with van der Waals surface area (Å²) in [7, 11) is -2.17. The molecule has 4 aromatic carbocycles. The first-order valence-corrected chi connectivity index (χ1v) is 12.8. The number of fused-ring (bicyclic) bond motifs is 2. The lowest BCUT2D eigenvalue weighted by molar-refractivity contribution is 0.417. The first-order chi connectivity index (χ1) is 14.7. The Morgan fingerprint density at radius 1 is 0.806 bits per heavy atom. The van der Waals surface area contributed by atoms with Crippen LogP contribution in [0.5, 0.6) is 5.75 Å². The highest BCUT2D eigenvalue weighted by Crippen LogP contribution is 2.44. The molecule has 0 bridgehead atoms. The van der Waals surface area contributed by atoms with Crippen LogP contribution >= 0.6 is 31.9 Å². The van der Waals surface area contributed by atoms with E-state index in [0.717, 1.165) is 36.1 Å². The molecule has 4 rings (SSSR count). The monoisotopic (exact) mass is 561 g/mol. The van der Waals surface area contributed by atoms with Gasteiger partial charge in [0.1, 0.15) is 5.75 Å². The van der Waals surface area contributed by atoms with E-state index in [4.69, 9.17) is 4.74 Å². The first-order valence-electron chi connectivity index (χ1n) is 9.72. The van der Waals surface area contributed by atoms with Crippen LogP contribution < -0.4 is 9.46 Å². The summed E-state index contributed by atoms with van der Waals surface area (Å²) >= 11 is 7.05. The first kappa shape index (κ1) is 22.3. The van der Waals surface area contributed by atoms with E-state index in [-0.39, 0.29) is 10.9 Å². The van der Waals surface area contributed by atoms with E-state index >= 15 is 0 Å². The third-order valence-electron chi connectivity index (χ3n) is 5.04. The Labute approximate surface area is 198 Å². The van der Waals surface area contributed by atoms with Crippen LogP contribution in [0.15, 0.2) is 74.5 Å². The SMILES string of the molecule is COc1ccc2cc(Br)ccc2c1-c1c(S(=O)(=O)NC(C)C)ccc2cc(Br)ccc12. The number of hydrogen-bond donors (Lipinski definition) is 1. The largest absolute Gasteiger partial charge is 0.496 e. The van der Waals surface area contributed by atoms with E-state index in [1.807, 2.05) is 68.4 Å². The average Bonchev–Trinajstić information content (AvgIpc) is 2.70. The van der Waals surface area contributed by atoms with E-state index in [1.165, 1.54) is 0 Å². The van der Waals surface area contributed by atoms with Gasteiger partial charge < -0.3 is 4.74 Å². The summed E-state index contributed by atoms with van der Waals surface area (Å²) in [5.74, 6) is 0.617. The van der Waals surface area contributed by atoms with Crippen LogP contribution in [0.3, 0.4) is 0 Å². The molecule has 31 heavy (non-hydrogen) atoms. The molecule has 0 aliphatic rings. The number of ether oxygens (including phenoxy) is 1. The minimum atomic E-state index is -3.77. The second kappa shape index (κ2) is 8.54. The van der Waals surface area contributed by atoms with Crippen molar-refractivity contribution in [3.05, 3.63) is 69.6 Å². The topological polar surface area (TPSA) is 55.4 Å². The van der Waals surface area contributed by atoms with Crippen LogP contribution in [0.4, 0.5) is 0 Å². The highest BCUT2D eigenvalue weighted by molar-refractivity contribution is 9.10. The standard InChI is InChI=1S/C24H21Br2NO3S/c1-14(2)27-31(28,29)22-11-5-16-13-18(26)7-9-20(16)24(22)23-19-8-6-17(25)12-15(19)4-10-21(23)30-3/h4-14,27H,1-3H3. The second-order valence-corrected chi connectivity index (χ2v) is 11.1. The Morgan fingerprint density at radius 3 is 1.90 bits per heavy atom. The van der Waals surface area contributed by atoms with Crippen LogP contribution in [-0.2, 0) is 10.0 Å². The highest BCUT2D eigenvalue weighted by Gasteiger charge is 2.25. The maximum absolute atomic E-state index is 13.4. The van der Waals surface area contributed by atoms with Crippen molar-refractivity contribution in [3.63, 3.8) is 0 Å². The maximum Gasteiger partial charge on any atom is 0.241 e. The molecular formula is C24H21Br2NO3S. The van der Waals surface area contributed by atoms with E-state index in [1.54, 1.807) is 13.2 Å². The fourth-order valence-electron chi connectivity index (χ4n) is 3.84. The number of methoxy groups -OCH3 is 1. The Balaban J connectivity index is 2.20. The number of rotatable bonds is 5. The molecule has 1 N–H and O–H groups in total. The van der Waals surface area contributed by atoms with Crippen molar-refractivity contribution >= 4 is 63.4 Å². The van der Waals surface area contributed by atoms with Gasteiger partial charge in [-0.2, -0.15) is 0 Å². The minimum Gasteiger partial charge on any atom is -0.496 e. The number of benzene rings is 4. The van der Waals surface area contributed by atoms with E-state index in [2.05, 4.69) is 36.6 Å². The van der Waals surface area contributed by atoms with Gasteiger partial charge in [-0.05, 0) is 71.8 Å². The zero-order valence-corrected chi connectivity index (χ0v) is 21.2. The van der Waals surface area contributed by atoms with Crippen molar-refractivity contribution in [1.29, 1.82) is 0 Å². The Hall–Kier alpha value is -1.93. The molecule has 0 aliphatic heterocycles. The van der Waals surface area contributed by atoms with Crippen LogP contribution in [0.25, 0.3) is 32.7 Å². The van der Waals surface area contributed by atoms with Gasteiger partial charge in [-0.25, -0.2) is 13.1 Å². The predicted octanol–water partition coefficient (Wildman–Crippen LogP) is 6.88. The number of nitrogens with one attached hydrogen (secondary N) is 1. The van der Waals surface area contributed by atoms with E-state index < -0.39 is 10.0 Å². The Kier molecular flexibility index (Phi) is 6.14. The van der Waals surface area contributed by atoms with E-state index in [9.17, 15) is 8.42 Å². The van der Waals surface area contributed by atoms with Gasteiger partial charge in [-0.15, -0.1) is 0 Å². The normalized spacial score (nSPS) is 12.1. The molecule has 0 saturated carbocycles. The van der Waals surface area contributed by atoms with Gasteiger partial charge in [-0.1, -0.05) is 56.1 Å². The lowest BCUT2D eigenvalue weighted by atomic mass is 9.93. The van der Waals surface area contributed by atoms with Crippen molar-refractivity contribution in [2.45, 2.75) is 24.8 Å². The fourth-order valence-corrected chi connectivity index (χ4v) is 6.08. The molecule has 160 valence electrons. The molecule has 0 saturated heterocycles. The van der Waals surface area contributed by atoms with Gasteiger partial charge in [0.2, 0.25) is 10.0 Å². The summed E-state index contributed by atoms with van der Waals surface area (Å²) < 4.78 is 37.1. The third kappa shape index (κ3) is 4.24. The molecule has 4 aromatic rings. The third-order valence-corrected chi connectivity index (χ3v) is 7.72. The Bertz CT molecular complexity index is 1420. The maximum atomic E-state index is 13.4. The zero-order valence-electron chi connectivity index (χ0n) is 17.2. The fraction of sp³-hybridized carbons (Fsp3) is 0.167. The molecular weight excluding hydrogens is 542 g/mol. The molecule has 0 aromatic heterocycles. The van der Waals surface area contributed by atoms with Crippen LogP contribution in [-0.4, -0.2) is 21.6 Å². The van der Waals surface area contributed by atoms with Crippen LogP contribution in [0, 0.1) is 0 Å². The molecule has 0 fully saturated rings. The van der Waals surface area contributed by atoms with Crippen molar-refractivity contribution in [2.75, 3.05) is 7.11 Å². The van der Waals surface area contributed by atoms with Gasteiger partial charge in [0, 0.05) is 26.1 Å².